The first kappa shape index (κ1) is 19.6. The van der Waals surface area contributed by atoms with E-state index >= 15 is 0 Å². The van der Waals surface area contributed by atoms with Gasteiger partial charge in [-0.1, -0.05) is 0 Å². The summed E-state index contributed by atoms with van der Waals surface area (Å²) in [6, 6.07) is 0. The molecule has 0 N–H and O–H groups in total. The van der Waals surface area contributed by atoms with Crippen molar-refractivity contribution in [2.75, 3.05) is 81.7 Å². The van der Waals surface area contributed by atoms with Gasteiger partial charge in [-0.2, -0.15) is 0 Å². The Morgan fingerprint density at radius 2 is 0.842 bits per heavy atom. The fourth-order valence-electron chi connectivity index (χ4n) is 1.01. The SMILES string of the molecule is CN(C)CC[O][Sb]([O]CCN(C)C)[O]CCN(C)C. The van der Waals surface area contributed by atoms with E-state index in [1.165, 1.54) is 0 Å². The fraction of sp³-hybridized carbons (Fsp3) is 1.00. The number of rotatable bonds is 12. The van der Waals surface area contributed by atoms with Gasteiger partial charge in [0.15, 0.2) is 0 Å². The van der Waals surface area contributed by atoms with Gasteiger partial charge < -0.3 is 0 Å². The van der Waals surface area contributed by atoms with E-state index < -0.39 is 21.5 Å². The third kappa shape index (κ3) is 14.8. The summed E-state index contributed by atoms with van der Waals surface area (Å²) in [6.07, 6.45) is 0. The van der Waals surface area contributed by atoms with Crippen LogP contribution in [0.2, 0.25) is 0 Å². The molecule has 0 aromatic rings. The summed E-state index contributed by atoms with van der Waals surface area (Å²) in [7, 11) is 12.2. The molecule has 0 aromatic carbocycles. The van der Waals surface area contributed by atoms with E-state index in [0.29, 0.717) is 19.8 Å². The van der Waals surface area contributed by atoms with Gasteiger partial charge in [-0.15, -0.1) is 0 Å². The van der Waals surface area contributed by atoms with Crippen LogP contribution in [0.3, 0.4) is 0 Å². The van der Waals surface area contributed by atoms with E-state index in [1.54, 1.807) is 0 Å². The maximum absolute atomic E-state index is 5.78. The van der Waals surface area contributed by atoms with E-state index in [1.807, 2.05) is 42.3 Å². The van der Waals surface area contributed by atoms with Crippen LogP contribution in [0.15, 0.2) is 0 Å². The van der Waals surface area contributed by atoms with Gasteiger partial charge in [0, 0.05) is 0 Å². The van der Waals surface area contributed by atoms with E-state index in [9.17, 15) is 0 Å². The van der Waals surface area contributed by atoms with Crippen molar-refractivity contribution in [1.29, 1.82) is 0 Å². The van der Waals surface area contributed by atoms with Crippen LogP contribution in [-0.2, 0) is 9.05 Å². The standard InChI is InChI=1S/3C4H10NO.Sb/c3*1-5(2)3-4-6;/h3*3-4H2,1-2H3;/q3*-1;+3. The normalized spacial score (nSPS) is 12.3. The van der Waals surface area contributed by atoms with Gasteiger partial charge >= 0.3 is 127 Å². The van der Waals surface area contributed by atoms with Crippen LogP contribution < -0.4 is 0 Å². The van der Waals surface area contributed by atoms with E-state index in [0.717, 1.165) is 19.6 Å². The Morgan fingerprint density at radius 3 is 1.05 bits per heavy atom. The van der Waals surface area contributed by atoms with Crippen LogP contribution in [0.25, 0.3) is 0 Å². The molecule has 6 nitrogen and oxygen atoms in total. The Kier molecular flexibility index (Phi) is 12.7. The molecule has 0 spiro atoms. The molecule has 0 saturated carbocycles. The average Bonchev–Trinajstić information content (AvgIpc) is 2.26. The molecular weight excluding hydrogens is 356 g/mol. The third-order valence-electron chi connectivity index (χ3n) is 2.21. The van der Waals surface area contributed by atoms with Crippen LogP contribution >= 0.6 is 0 Å². The minimum absolute atomic E-state index is 0.680. The molecule has 7 heteroatoms. The molecule has 0 aliphatic carbocycles. The zero-order valence-electron chi connectivity index (χ0n) is 13.3. The Morgan fingerprint density at radius 1 is 0.579 bits per heavy atom. The van der Waals surface area contributed by atoms with Crippen molar-refractivity contribution in [2.24, 2.45) is 0 Å². The van der Waals surface area contributed by atoms with Crippen LogP contribution in [0.5, 0.6) is 0 Å². The summed E-state index contributed by atoms with van der Waals surface area (Å²) in [5.74, 6) is 0. The summed E-state index contributed by atoms with van der Waals surface area (Å²) in [6.45, 7) is 4.73. The molecular formula is C12H30N3O3Sb. The van der Waals surface area contributed by atoms with E-state index in [4.69, 9.17) is 9.05 Å². The summed E-state index contributed by atoms with van der Waals surface area (Å²) >= 11 is -2.45. The predicted molar refractivity (Wildman–Crippen MR) is 79.3 cm³/mol. The van der Waals surface area contributed by atoms with Crippen molar-refractivity contribution in [2.45, 2.75) is 0 Å². The Labute approximate surface area is 127 Å². The van der Waals surface area contributed by atoms with Gasteiger partial charge in [0.2, 0.25) is 0 Å². The zero-order chi connectivity index (χ0) is 14.7. The van der Waals surface area contributed by atoms with E-state index in [-0.39, 0.29) is 0 Å². The van der Waals surface area contributed by atoms with Crippen molar-refractivity contribution in [3.05, 3.63) is 0 Å². The van der Waals surface area contributed by atoms with Gasteiger partial charge in [0.05, 0.1) is 0 Å². The fourth-order valence-corrected chi connectivity index (χ4v) is 3.62. The zero-order valence-corrected chi connectivity index (χ0v) is 15.8. The van der Waals surface area contributed by atoms with Crippen LogP contribution in [0.4, 0.5) is 0 Å². The van der Waals surface area contributed by atoms with Crippen molar-refractivity contribution in [1.82, 2.24) is 14.7 Å². The summed E-state index contributed by atoms with van der Waals surface area (Å²) in [5, 5.41) is 0. The number of likely N-dealkylation sites (N-methyl/N-ethyl adjacent to an activating group) is 3. The van der Waals surface area contributed by atoms with E-state index in [2.05, 4.69) is 14.7 Å². The van der Waals surface area contributed by atoms with Crippen molar-refractivity contribution in [3.63, 3.8) is 0 Å². The molecule has 0 atom stereocenters. The van der Waals surface area contributed by atoms with Gasteiger partial charge in [-0.25, -0.2) is 0 Å². The van der Waals surface area contributed by atoms with Crippen molar-refractivity contribution >= 4 is 21.5 Å². The first-order valence-corrected chi connectivity index (χ1v) is 9.67. The Bertz CT molecular complexity index is 173. The van der Waals surface area contributed by atoms with Gasteiger partial charge in [0.1, 0.15) is 0 Å². The summed E-state index contributed by atoms with van der Waals surface area (Å²) in [4.78, 5) is 6.29. The second-order valence-electron chi connectivity index (χ2n) is 5.13. The molecule has 0 heterocycles. The molecule has 0 saturated heterocycles. The Hall–Kier alpha value is 0.578. The summed E-state index contributed by atoms with van der Waals surface area (Å²) in [5.41, 5.74) is 0. The molecule has 0 aromatic heterocycles. The van der Waals surface area contributed by atoms with Crippen LogP contribution in [0, 0.1) is 0 Å². The van der Waals surface area contributed by atoms with Gasteiger partial charge in [-0.05, 0) is 0 Å². The third-order valence-corrected chi connectivity index (χ3v) is 5.57. The number of hydrogen-bond acceptors (Lipinski definition) is 6. The average molecular weight is 386 g/mol. The first-order chi connectivity index (χ1) is 8.91. The molecule has 0 unspecified atom stereocenters. The number of nitrogens with zero attached hydrogens (tertiary/aromatic N) is 3. The molecule has 0 bridgehead atoms. The molecule has 0 radical (unpaired) electrons. The van der Waals surface area contributed by atoms with Crippen LogP contribution in [0.1, 0.15) is 0 Å². The predicted octanol–water partition coefficient (Wildman–Crippen LogP) is -0.294. The maximum atomic E-state index is 5.78. The molecule has 0 aliphatic heterocycles. The summed E-state index contributed by atoms with van der Waals surface area (Å²) < 4.78 is 17.3. The number of hydrogen-bond donors (Lipinski definition) is 0. The molecule has 0 amide bonds. The molecule has 0 fully saturated rings. The molecule has 116 valence electrons. The van der Waals surface area contributed by atoms with Gasteiger partial charge in [-0.3, -0.25) is 0 Å². The molecule has 19 heavy (non-hydrogen) atoms. The van der Waals surface area contributed by atoms with Gasteiger partial charge in [0.25, 0.3) is 0 Å². The quantitative estimate of drug-likeness (QED) is 0.429. The first-order valence-electron chi connectivity index (χ1n) is 6.55. The second kappa shape index (κ2) is 12.3. The van der Waals surface area contributed by atoms with Crippen molar-refractivity contribution in [3.8, 4) is 0 Å². The van der Waals surface area contributed by atoms with Crippen LogP contribution in [-0.4, -0.2) is 118 Å². The topological polar surface area (TPSA) is 37.4 Å². The minimum atomic E-state index is -2.45. The Balaban J connectivity index is 3.85. The second-order valence-corrected chi connectivity index (χ2v) is 8.62. The molecule has 0 rings (SSSR count). The van der Waals surface area contributed by atoms with Crippen molar-refractivity contribution < 1.29 is 9.05 Å². The monoisotopic (exact) mass is 385 g/mol. The molecule has 0 aliphatic rings.